The molecule has 0 spiro atoms. The van der Waals surface area contributed by atoms with E-state index in [1.54, 1.807) is 0 Å². The monoisotopic (exact) mass is 576 g/mol. The van der Waals surface area contributed by atoms with Crippen LogP contribution >= 0.6 is 6.89 Å². The van der Waals surface area contributed by atoms with E-state index in [2.05, 4.69) is 72.8 Å². The molecule has 0 saturated heterocycles. The molecule has 0 atom stereocenters. The SMILES string of the molecule is COC(=O)c1[se]c(=P(c2ccccc2)(c2ccccc2)c2ccccc2)[se]c1C(=O)OC. The Morgan fingerprint density at radius 2 is 0.906 bits per heavy atom. The van der Waals surface area contributed by atoms with Gasteiger partial charge in [-0.3, -0.25) is 0 Å². The van der Waals surface area contributed by atoms with Crippen LogP contribution in [-0.4, -0.2) is 55.2 Å². The Hall–Kier alpha value is -2.32. The molecule has 1 heterocycles. The van der Waals surface area contributed by atoms with Gasteiger partial charge in [0.1, 0.15) is 0 Å². The minimum absolute atomic E-state index is 0.327. The van der Waals surface area contributed by atoms with Gasteiger partial charge in [0.05, 0.1) is 0 Å². The van der Waals surface area contributed by atoms with Gasteiger partial charge >= 0.3 is 200 Å². The summed E-state index contributed by atoms with van der Waals surface area (Å²) in [5.74, 6) is -0.871. The molecule has 4 rings (SSSR count). The summed E-state index contributed by atoms with van der Waals surface area (Å²) in [6.45, 7) is -2.26. The van der Waals surface area contributed by atoms with Crippen LogP contribution < -0.4 is 15.9 Å². The van der Waals surface area contributed by atoms with Crippen molar-refractivity contribution < 1.29 is 19.1 Å². The predicted octanol–water partition coefficient (Wildman–Crippen LogP) is 2.90. The molecule has 0 N–H and O–H groups in total. The van der Waals surface area contributed by atoms with Crippen molar-refractivity contribution in [3.63, 3.8) is 0 Å². The number of carbonyl (C=O) groups is 2. The molecule has 3 aromatic carbocycles. The van der Waals surface area contributed by atoms with Gasteiger partial charge in [0.2, 0.25) is 0 Å². The van der Waals surface area contributed by atoms with Gasteiger partial charge in [0.15, 0.2) is 0 Å². The number of carbonyl (C=O) groups excluding carboxylic acids is 2. The van der Waals surface area contributed by atoms with Gasteiger partial charge in [-0.25, -0.2) is 0 Å². The van der Waals surface area contributed by atoms with E-state index in [1.807, 2.05) is 18.2 Å². The van der Waals surface area contributed by atoms with E-state index in [9.17, 15) is 9.59 Å². The zero-order valence-corrected chi connectivity index (χ0v) is 21.9. The molecule has 0 saturated carbocycles. The van der Waals surface area contributed by atoms with Crippen LogP contribution in [-0.2, 0) is 9.47 Å². The van der Waals surface area contributed by atoms with E-state index in [0.29, 0.717) is 8.87 Å². The third kappa shape index (κ3) is 4.06. The van der Waals surface area contributed by atoms with E-state index < -0.39 is 18.8 Å². The molecule has 4 aromatic rings. The van der Waals surface area contributed by atoms with Gasteiger partial charge in [0, 0.05) is 0 Å². The third-order valence-corrected chi connectivity index (χ3v) is 18.8. The average Bonchev–Trinajstić information content (AvgIpc) is 3.31. The summed E-state index contributed by atoms with van der Waals surface area (Å²) >= 11 is -0.655. The van der Waals surface area contributed by atoms with Crippen LogP contribution in [0.5, 0.6) is 0 Å². The van der Waals surface area contributed by atoms with Crippen LogP contribution in [0.2, 0.25) is 0 Å². The van der Waals surface area contributed by atoms with Crippen molar-refractivity contribution in [1.82, 2.24) is 0 Å². The summed E-state index contributed by atoms with van der Waals surface area (Å²) in [5, 5.41) is 3.64. The first-order valence-corrected chi connectivity index (χ1v) is 15.0. The fraction of sp³-hybridized carbons (Fsp3) is 0.0800. The second-order valence-electron chi connectivity index (χ2n) is 6.79. The first-order valence-electron chi connectivity index (χ1n) is 9.83. The van der Waals surface area contributed by atoms with Crippen molar-refractivity contribution in [3.8, 4) is 0 Å². The van der Waals surface area contributed by atoms with Gasteiger partial charge in [-0.15, -0.1) is 0 Å². The number of esters is 2. The molecule has 32 heavy (non-hydrogen) atoms. The molecule has 0 amide bonds. The average molecular weight is 574 g/mol. The van der Waals surface area contributed by atoms with Crippen LogP contribution in [0.25, 0.3) is 0 Å². The summed E-state index contributed by atoms with van der Waals surface area (Å²) in [6, 6.07) is 31.4. The van der Waals surface area contributed by atoms with Crippen molar-refractivity contribution in [3.05, 3.63) is 103 Å². The Bertz CT molecular complexity index is 1190. The Labute approximate surface area is 198 Å². The number of benzene rings is 3. The molecule has 0 fully saturated rings. The topological polar surface area (TPSA) is 52.6 Å². The van der Waals surface area contributed by atoms with E-state index in [-0.39, 0.29) is 29.0 Å². The quantitative estimate of drug-likeness (QED) is 0.209. The number of hydrogen-bond acceptors (Lipinski definition) is 4. The van der Waals surface area contributed by atoms with Gasteiger partial charge in [-0.2, -0.15) is 0 Å². The molecule has 0 unspecified atom stereocenters. The first kappa shape index (κ1) is 22.9. The van der Waals surface area contributed by atoms with E-state index in [0.717, 1.165) is 0 Å². The van der Waals surface area contributed by atoms with Gasteiger partial charge < -0.3 is 0 Å². The Morgan fingerprint density at radius 1 is 0.594 bits per heavy atom. The third-order valence-electron chi connectivity index (χ3n) is 5.03. The molecule has 0 aliphatic rings. The van der Waals surface area contributed by atoms with Crippen molar-refractivity contribution in [2.24, 2.45) is 0 Å². The van der Waals surface area contributed by atoms with Crippen LogP contribution in [0, 0.1) is 2.69 Å². The molecule has 7 heteroatoms. The molecule has 0 aliphatic heterocycles. The number of ether oxygens (including phenoxy) is 2. The Morgan fingerprint density at radius 3 is 1.19 bits per heavy atom. The minimum atomic E-state index is -2.26. The van der Waals surface area contributed by atoms with E-state index in [1.165, 1.54) is 32.8 Å². The molecule has 0 bridgehead atoms. The van der Waals surface area contributed by atoms with E-state index in [4.69, 9.17) is 9.47 Å². The van der Waals surface area contributed by atoms with Crippen LogP contribution in [0.1, 0.15) is 18.5 Å². The maximum atomic E-state index is 12.7. The maximum absolute atomic E-state index is 12.7. The van der Waals surface area contributed by atoms with Crippen LogP contribution in [0.3, 0.4) is 0 Å². The fourth-order valence-corrected chi connectivity index (χ4v) is 19.3. The second-order valence-corrected chi connectivity index (χ2v) is 17.1. The van der Waals surface area contributed by atoms with E-state index >= 15 is 0 Å². The van der Waals surface area contributed by atoms with Crippen molar-refractivity contribution in [1.29, 1.82) is 0 Å². The summed E-state index contributed by atoms with van der Waals surface area (Å²) < 4.78 is 12.3. The van der Waals surface area contributed by atoms with Gasteiger partial charge in [-0.05, 0) is 0 Å². The summed E-state index contributed by atoms with van der Waals surface area (Å²) in [7, 11) is 2.72. The second kappa shape index (κ2) is 10.1. The normalized spacial score (nSPS) is 11.1. The first-order chi connectivity index (χ1) is 15.6. The molecular formula is C25H21O4PSe2. The molecule has 4 nitrogen and oxygen atoms in total. The van der Waals surface area contributed by atoms with Crippen LogP contribution in [0.15, 0.2) is 91.0 Å². The van der Waals surface area contributed by atoms with Gasteiger partial charge in [0.25, 0.3) is 0 Å². The summed E-state index contributed by atoms with van der Waals surface area (Å²) in [4.78, 5) is 25.3. The number of methoxy groups -OCH3 is 2. The number of rotatable bonds is 5. The molecule has 1 aromatic heterocycles. The molecule has 0 aliphatic carbocycles. The van der Waals surface area contributed by atoms with Crippen molar-refractivity contribution in [2.75, 3.05) is 14.2 Å². The van der Waals surface area contributed by atoms with Crippen molar-refractivity contribution >= 4 is 63.7 Å². The van der Waals surface area contributed by atoms with Crippen LogP contribution in [0.4, 0.5) is 0 Å². The molecule has 162 valence electrons. The Balaban J connectivity index is 2.29. The zero-order chi connectivity index (χ0) is 22.6. The number of hydrogen-bond donors (Lipinski definition) is 0. The Kier molecular flexibility index (Phi) is 7.20. The van der Waals surface area contributed by atoms with Gasteiger partial charge in [-0.1, -0.05) is 0 Å². The zero-order valence-electron chi connectivity index (χ0n) is 17.6. The summed E-state index contributed by atoms with van der Waals surface area (Å²) in [6.07, 6.45) is 0. The van der Waals surface area contributed by atoms with Crippen molar-refractivity contribution in [2.45, 2.75) is 0 Å². The fourth-order valence-electron chi connectivity index (χ4n) is 3.60. The summed E-state index contributed by atoms with van der Waals surface area (Å²) in [5.41, 5.74) is 0. The molecule has 0 radical (unpaired) electrons. The molecular weight excluding hydrogens is 553 g/mol. The standard InChI is InChI=1S/C25H21O4PSe2/c1-28-23(26)21-22(24(27)29-2)32-25(31-21)30(18-12-6-3-7-13-18,19-14-8-4-9-15-19)20-16-10-5-11-17-20/h3-17H,1-2H3. The predicted molar refractivity (Wildman–Crippen MR) is 131 cm³/mol.